The third-order valence-corrected chi connectivity index (χ3v) is 4.54. The molecular weight excluding hydrogens is 350 g/mol. The van der Waals surface area contributed by atoms with Gasteiger partial charge in [0.05, 0.1) is 18.6 Å². The zero-order valence-corrected chi connectivity index (χ0v) is 16.7. The predicted octanol–water partition coefficient (Wildman–Crippen LogP) is 3.75. The minimum absolute atomic E-state index is 0.168. The lowest BCUT2D eigenvalue weighted by Crippen LogP contribution is -2.27. The highest BCUT2D eigenvalue weighted by molar-refractivity contribution is 5.99. The fourth-order valence-electron chi connectivity index (χ4n) is 3.16. The highest BCUT2D eigenvalue weighted by Crippen LogP contribution is 2.21. The van der Waals surface area contributed by atoms with Crippen molar-refractivity contribution in [3.8, 4) is 5.69 Å². The van der Waals surface area contributed by atoms with Crippen LogP contribution < -0.4 is 10.7 Å². The number of hydrogen-bond acceptors (Lipinski definition) is 4. The number of amides is 1. The van der Waals surface area contributed by atoms with Crippen LogP contribution in [-0.4, -0.2) is 27.7 Å². The van der Waals surface area contributed by atoms with Gasteiger partial charge < -0.3 is 9.88 Å². The van der Waals surface area contributed by atoms with Gasteiger partial charge >= 0.3 is 0 Å². The van der Waals surface area contributed by atoms with Gasteiger partial charge in [0.2, 0.25) is 0 Å². The van der Waals surface area contributed by atoms with E-state index in [0.717, 1.165) is 33.8 Å². The van der Waals surface area contributed by atoms with Crippen LogP contribution in [0.15, 0.2) is 60.2 Å². The van der Waals surface area contributed by atoms with Gasteiger partial charge in [0.15, 0.2) is 0 Å². The van der Waals surface area contributed by atoms with Crippen molar-refractivity contribution in [1.82, 2.24) is 15.0 Å². The molecule has 0 radical (unpaired) electrons. The van der Waals surface area contributed by atoms with E-state index >= 15 is 0 Å². The summed E-state index contributed by atoms with van der Waals surface area (Å²) in [5.41, 5.74) is 9.79. The quantitative estimate of drug-likeness (QED) is 0.509. The SMILES string of the molecule is C/C(=N/NC(=O)CNc1c(C)cc(C)cc1C)c1ccc(-n2ccnc2)cc1. The van der Waals surface area contributed by atoms with Crippen LogP contribution in [0.25, 0.3) is 5.69 Å². The van der Waals surface area contributed by atoms with Crippen molar-refractivity contribution < 1.29 is 4.79 Å². The molecule has 0 aliphatic carbocycles. The number of carbonyl (C=O) groups excluding carboxylic acids is 1. The Morgan fingerprint density at radius 1 is 1.11 bits per heavy atom. The Morgan fingerprint density at radius 3 is 2.39 bits per heavy atom. The summed E-state index contributed by atoms with van der Waals surface area (Å²) < 4.78 is 1.93. The molecule has 3 aromatic rings. The summed E-state index contributed by atoms with van der Waals surface area (Å²) in [5.74, 6) is -0.186. The van der Waals surface area contributed by atoms with Crippen molar-refractivity contribution in [2.24, 2.45) is 5.10 Å². The van der Waals surface area contributed by atoms with Gasteiger partial charge in [-0.2, -0.15) is 5.10 Å². The molecule has 6 heteroatoms. The van der Waals surface area contributed by atoms with Gasteiger partial charge in [0.25, 0.3) is 5.91 Å². The molecule has 0 bridgehead atoms. The zero-order chi connectivity index (χ0) is 20.1. The Morgan fingerprint density at radius 2 is 1.79 bits per heavy atom. The number of benzene rings is 2. The smallest absolute Gasteiger partial charge is 0.259 e. The number of hydrogen-bond donors (Lipinski definition) is 2. The molecule has 0 unspecified atom stereocenters. The van der Waals surface area contributed by atoms with E-state index in [1.165, 1.54) is 5.56 Å². The van der Waals surface area contributed by atoms with Crippen molar-refractivity contribution in [3.63, 3.8) is 0 Å². The van der Waals surface area contributed by atoms with Crippen molar-refractivity contribution in [2.45, 2.75) is 27.7 Å². The molecule has 0 saturated heterocycles. The number of rotatable bonds is 6. The summed E-state index contributed by atoms with van der Waals surface area (Å²) in [6.45, 7) is 8.18. The summed E-state index contributed by atoms with van der Waals surface area (Å²) in [6.07, 6.45) is 5.38. The number of imidazole rings is 1. The van der Waals surface area contributed by atoms with E-state index in [9.17, 15) is 4.79 Å². The van der Waals surface area contributed by atoms with Crippen LogP contribution in [0.3, 0.4) is 0 Å². The zero-order valence-electron chi connectivity index (χ0n) is 16.7. The summed E-state index contributed by atoms with van der Waals surface area (Å²) in [5, 5.41) is 7.42. The largest absolute Gasteiger partial charge is 0.376 e. The average molecular weight is 375 g/mol. The van der Waals surface area contributed by atoms with Crippen LogP contribution in [0, 0.1) is 20.8 Å². The summed E-state index contributed by atoms with van der Waals surface area (Å²) in [6, 6.07) is 12.1. The van der Waals surface area contributed by atoms with Gasteiger partial charge in [-0.25, -0.2) is 10.4 Å². The van der Waals surface area contributed by atoms with Gasteiger partial charge in [-0.1, -0.05) is 29.8 Å². The first-order valence-corrected chi connectivity index (χ1v) is 9.17. The Hall–Kier alpha value is -3.41. The second kappa shape index (κ2) is 8.52. The second-order valence-corrected chi connectivity index (χ2v) is 6.88. The van der Waals surface area contributed by atoms with Crippen LogP contribution in [0.2, 0.25) is 0 Å². The number of carbonyl (C=O) groups is 1. The first-order chi connectivity index (χ1) is 13.4. The van der Waals surface area contributed by atoms with Gasteiger partial charge in [0, 0.05) is 23.8 Å². The predicted molar refractivity (Wildman–Crippen MR) is 113 cm³/mol. The van der Waals surface area contributed by atoms with E-state index in [2.05, 4.69) is 39.9 Å². The third kappa shape index (κ3) is 4.65. The molecule has 1 aromatic heterocycles. The summed E-state index contributed by atoms with van der Waals surface area (Å²) >= 11 is 0. The normalized spacial score (nSPS) is 11.4. The fraction of sp³-hybridized carbons (Fsp3) is 0.227. The number of nitrogens with zero attached hydrogens (tertiary/aromatic N) is 3. The molecule has 28 heavy (non-hydrogen) atoms. The topological polar surface area (TPSA) is 71.3 Å². The molecule has 144 valence electrons. The van der Waals surface area contributed by atoms with Crippen molar-refractivity contribution >= 4 is 17.3 Å². The first kappa shape index (κ1) is 19.4. The number of nitrogens with one attached hydrogen (secondary N) is 2. The van der Waals surface area contributed by atoms with E-state index in [1.54, 1.807) is 12.5 Å². The molecule has 0 aliphatic heterocycles. The Kier molecular flexibility index (Phi) is 5.89. The highest BCUT2D eigenvalue weighted by atomic mass is 16.2. The van der Waals surface area contributed by atoms with E-state index < -0.39 is 0 Å². The minimum Gasteiger partial charge on any atom is -0.376 e. The molecule has 1 heterocycles. The maximum absolute atomic E-state index is 12.2. The lowest BCUT2D eigenvalue weighted by molar-refractivity contribution is -0.119. The average Bonchev–Trinajstić information content (AvgIpc) is 3.20. The van der Waals surface area contributed by atoms with E-state index in [0.29, 0.717) is 0 Å². The van der Waals surface area contributed by atoms with E-state index in [-0.39, 0.29) is 12.5 Å². The molecule has 3 rings (SSSR count). The molecule has 2 N–H and O–H groups in total. The van der Waals surface area contributed by atoms with Crippen molar-refractivity contribution in [1.29, 1.82) is 0 Å². The van der Waals surface area contributed by atoms with Crippen LogP contribution in [-0.2, 0) is 4.79 Å². The van der Waals surface area contributed by atoms with Crippen LogP contribution >= 0.6 is 0 Å². The van der Waals surface area contributed by atoms with Gasteiger partial charge in [-0.15, -0.1) is 0 Å². The lowest BCUT2D eigenvalue weighted by atomic mass is 10.1. The maximum atomic E-state index is 12.2. The number of anilines is 1. The Bertz CT molecular complexity index is 965. The van der Waals surface area contributed by atoms with Crippen molar-refractivity contribution in [3.05, 3.63) is 77.4 Å². The number of aryl methyl sites for hydroxylation is 3. The molecule has 1 amide bonds. The van der Waals surface area contributed by atoms with Gasteiger partial charge in [-0.3, -0.25) is 4.79 Å². The van der Waals surface area contributed by atoms with Crippen LogP contribution in [0.5, 0.6) is 0 Å². The lowest BCUT2D eigenvalue weighted by Gasteiger charge is -2.13. The highest BCUT2D eigenvalue weighted by Gasteiger charge is 2.06. The van der Waals surface area contributed by atoms with Gasteiger partial charge in [0.1, 0.15) is 0 Å². The molecule has 0 aliphatic rings. The fourth-order valence-corrected chi connectivity index (χ4v) is 3.16. The molecule has 0 atom stereocenters. The molecule has 0 fully saturated rings. The van der Waals surface area contributed by atoms with Crippen molar-refractivity contribution in [2.75, 3.05) is 11.9 Å². The standard InChI is InChI=1S/C22H25N5O/c1-15-11-16(2)22(17(3)12-15)24-13-21(28)26-25-18(4)19-5-7-20(8-6-19)27-10-9-23-14-27/h5-12,14,24H,13H2,1-4H3,(H,26,28)/b25-18-. The Labute approximate surface area is 165 Å². The summed E-state index contributed by atoms with van der Waals surface area (Å²) in [7, 11) is 0. The number of aromatic nitrogens is 2. The molecular formula is C22H25N5O. The van der Waals surface area contributed by atoms with E-state index in [4.69, 9.17) is 0 Å². The van der Waals surface area contributed by atoms with Crippen LogP contribution in [0.4, 0.5) is 5.69 Å². The maximum Gasteiger partial charge on any atom is 0.259 e. The van der Waals surface area contributed by atoms with Crippen LogP contribution in [0.1, 0.15) is 29.2 Å². The van der Waals surface area contributed by atoms with E-state index in [1.807, 2.05) is 55.8 Å². The Balaban J connectivity index is 1.58. The molecule has 6 nitrogen and oxygen atoms in total. The second-order valence-electron chi connectivity index (χ2n) is 6.88. The molecule has 2 aromatic carbocycles. The number of hydrazone groups is 1. The molecule has 0 saturated carbocycles. The minimum atomic E-state index is -0.186. The monoisotopic (exact) mass is 375 g/mol. The third-order valence-electron chi connectivity index (χ3n) is 4.54. The first-order valence-electron chi connectivity index (χ1n) is 9.17. The molecule has 0 spiro atoms. The van der Waals surface area contributed by atoms with Gasteiger partial charge in [-0.05, 0) is 56.5 Å². The summed E-state index contributed by atoms with van der Waals surface area (Å²) in [4.78, 5) is 16.2.